The molecule has 0 saturated heterocycles. The van der Waals surface area contributed by atoms with Crippen LogP contribution in [0.5, 0.6) is 0 Å². The molecule has 1 aliphatic carbocycles. The Morgan fingerprint density at radius 3 is 2.82 bits per heavy atom. The Kier molecular flexibility index (Phi) is 3.91. The number of hydrogen-bond donors (Lipinski definition) is 0. The van der Waals surface area contributed by atoms with Crippen LogP contribution < -0.4 is 0 Å². The Bertz CT molecular complexity index is 132. The molecule has 0 aromatic rings. The molecule has 0 aromatic heterocycles. The average molecular weight is 221 g/mol. The standard InChI is InChI=1S/C8H13BrO2/c9-5-6-11-8(10)4-3-7-1-2-7/h7H,1-6H2. The minimum atomic E-state index is -0.0450. The highest BCUT2D eigenvalue weighted by atomic mass is 79.9. The average Bonchev–Trinajstić information content (AvgIpc) is 2.80. The lowest BCUT2D eigenvalue weighted by Gasteiger charge is -2.00. The molecule has 1 rings (SSSR count). The second-order valence-corrected chi connectivity index (χ2v) is 3.68. The predicted molar refractivity (Wildman–Crippen MR) is 46.7 cm³/mol. The van der Waals surface area contributed by atoms with E-state index in [1.54, 1.807) is 0 Å². The maximum absolute atomic E-state index is 10.9. The summed E-state index contributed by atoms with van der Waals surface area (Å²) in [7, 11) is 0. The Hall–Kier alpha value is -0.0500. The third-order valence-corrected chi connectivity index (χ3v) is 2.12. The number of alkyl halides is 1. The third-order valence-electron chi connectivity index (χ3n) is 1.79. The van der Waals surface area contributed by atoms with Gasteiger partial charge < -0.3 is 4.74 Å². The van der Waals surface area contributed by atoms with Gasteiger partial charge in [-0.3, -0.25) is 4.79 Å². The molecule has 0 heterocycles. The van der Waals surface area contributed by atoms with Crippen molar-refractivity contribution in [1.82, 2.24) is 0 Å². The van der Waals surface area contributed by atoms with Crippen LogP contribution in [0.15, 0.2) is 0 Å². The minimum Gasteiger partial charge on any atom is -0.465 e. The van der Waals surface area contributed by atoms with Gasteiger partial charge in [0.05, 0.1) is 0 Å². The van der Waals surface area contributed by atoms with Gasteiger partial charge >= 0.3 is 5.97 Å². The molecular weight excluding hydrogens is 208 g/mol. The van der Waals surface area contributed by atoms with E-state index in [1.165, 1.54) is 12.8 Å². The molecular formula is C8H13BrO2. The Labute approximate surface area is 75.4 Å². The quantitative estimate of drug-likeness (QED) is 0.525. The predicted octanol–water partition coefficient (Wildman–Crippen LogP) is 2.11. The van der Waals surface area contributed by atoms with Crippen LogP contribution in [0.25, 0.3) is 0 Å². The summed E-state index contributed by atoms with van der Waals surface area (Å²) in [6, 6.07) is 0. The van der Waals surface area contributed by atoms with Crippen molar-refractivity contribution in [3.63, 3.8) is 0 Å². The van der Waals surface area contributed by atoms with Gasteiger partial charge in [-0.25, -0.2) is 0 Å². The van der Waals surface area contributed by atoms with Crippen LogP contribution in [-0.4, -0.2) is 17.9 Å². The summed E-state index contributed by atoms with van der Waals surface area (Å²) in [6.45, 7) is 0.503. The molecule has 64 valence electrons. The summed E-state index contributed by atoms with van der Waals surface area (Å²) in [6.07, 6.45) is 4.26. The first-order valence-corrected chi connectivity index (χ1v) is 5.16. The van der Waals surface area contributed by atoms with Gasteiger partial charge in [-0.2, -0.15) is 0 Å². The fourth-order valence-corrected chi connectivity index (χ4v) is 1.11. The summed E-state index contributed by atoms with van der Waals surface area (Å²) >= 11 is 3.19. The molecule has 0 N–H and O–H groups in total. The van der Waals surface area contributed by atoms with E-state index in [2.05, 4.69) is 15.9 Å². The van der Waals surface area contributed by atoms with Crippen LogP contribution in [0.1, 0.15) is 25.7 Å². The first kappa shape index (κ1) is 9.04. The van der Waals surface area contributed by atoms with Crippen molar-refractivity contribution in [2.75, 3.05) is 11.9 Å². The molecule has 0 radical (unpaired) electrons. The van der Waals surface area contributed by atoms with Gasteiger partial charge in [0, 0.05) is 11.8 Å². The lowest BCUT2D eigenvalue weighted by Crippen LogP contribution is -2.06. The largest absolute Gasteiger partial charge is 0.465 e. The number of carbonyl (C=O) groups excluding carboxylic acids is 1. The number of rotatable bonds is 5. The van der Waals surface area contributed by atoms with Crippen molar-refractivity contribution in [2.24, 2.45) is 5.92 Å². The summed E-state index contributed by atoms with van der Waals surface area (Å²) in [5, 5.41) is 0.738. The van der Waals surface area contributed by atoms with Gasteiger partial charge in [0.25, 0.3) is 0 Å². The molecule has 0 amide bonds. The van der Waals surface area contributed by atoms with Crippen molar-refractivity contribution in [1.29, 1.82) is 0 Å². The smallest absolute Gasteiger partial charge is 0.305 e. The Balaban J connectivity index is 1.91. The fourth-order valence-electron chi connectivity index (χ4n) is 0.953. The molecule has 0 aliphatic heterocycles. The number of esters is 1. The number of carbonyl (C=O) groups is 1. The van der Waals surface area contributed by atoms with Gasteiger partial charge in [-0.15, -0.1) is 0 Å². The number of hydrogen-bond acceptors (Lipinski definition) is 2. The molecule has 1 saturated carbocycles. The third kappa shape index (κ3) is 4.40. The zero-order valence-electron chi connectivity index (χ0n) is 6.51. The molecule has 1 fully saturated rings. The molecule has 0 unspecified atom stereocenters. The van der Waals surface area contributed by atoms with Gasteiger partial charge in [0.1, 0.15) is 6.61 Å². The first-order chi connectivity index (χ1) is 5.33. The molecule has 0 spiro atoms. The van der Waals surface area contributed by atoms with Crippen LogP contribution >= 0.6 is 15.9 Å². The normalized spacial score (nSPS) is 16.5. The van der Waals surface area contributed by atoms with E-state index in [1.807, 2.05) is 0 Å². The second kappa shape index (κ2) is 4.75. The first-order valence-electron chi connectivity index (χ1n) is 4.04. The fraction of sp³-hybridized carbons (Fsp3) is 0.875. The van der Waals surface area contributed by atoms with E-state index >= 15 is 0 Å². The zero-order chi connectivity index (χ0) is 8.10. The van der Waals surface area contributed by atoms with E-state index in [-0.39, 0.29) is 5.97 Å². The zero-order valence-corrected chi connectivity index (χ0v) is 8.10. The highest BCUT2D eigenvalue weighted by molar-refractivity contribution is 9.09. The van der Waals surface area contributed by atoms with Crippen LogP contribution in [-0.2, 0) is 9.53 Å². The summed E-state index contributed by atoms with van der Waals surface area (Å²) in [5.74, 6) is 0.780. The van der Waals surface area contributed by atoms with Crippen molar-refractivity contribution < 1.29 is 9.53 Å². The molecule has 0 aromatic carbocycles. The van der Waals surface area contributed by atoms with Gasteiger partial charge in [0.2, 0.25) is 0 Å². The topological polar surface area (TPSA) is 26.3 Å². The van der Waals surface area contributed by atoms with Crippen molar-refractivity contribution in [2.45, 2.75) is 25.7 Å². The van der Waals surface area contributed by atoms with Crippen molar-refractivity contribution in [3.8, 4) is 0 Å². The molecule has 0 atom stereocenters. The van der Waals surface area contributed by atoms with Gasteiger partial charge in [0.15, 0.2) is 0 Å². The van der Waals surface area contributed by atoms with E-state index in [9.17, 15) is 4.79 Å². The minimum absolute atomic E-state index is 0.0450. The highest BCUT2D eigenvalue weighted by Crippen LogP contribution is 2.33. The molecule has 1 aliphatic rings. The van der Waals surface area contributed by atoms with Crippen LogP contribution in [0.2, 0.25) is 0 Å². The SMILES string of the molecule is O=C(CCC1CC1)OCCBr. The summed E-state index contributed by atoms with van der Waals surface area (Å²) in [5.41, 5.74) is 0. The Morgan fingerprint density at radius 2 is 2.27 bits per heavy atom. The highest BCUT2D eigenvalue weighted by Gasteiger charge is 2.21. The van der Waals surface area contributed by atoms with E-state index in [4.69, 9.17) is 4.74 Å². The second-order valence-electron chi connectivity index (χ2n) is 2.89. The molecule has 3 heteroatoms. The Morgan fingerprint density at radius 1 is 1.55 bits per heavy atom. The van der Waals surface area contributed by atoms with Crippen molar-refractivity contribution in [3.05, 3.63) is 0 Å². The summed E-state index contributed by atoms with van der Waals surface area (Å²) in [4.78, 5) is 10.9. The summed E-state index contributed by atoms with van der Waals surface area (Å²) < 4.78 is 4.88. The number of ether oxygens (including phenoxy) is 1. The lowest BCUT2D eigenvalue weighted by atomic mass is 10.2. The monoisotopic (exact) mass is 220 g/mol. The molecule has 11 heavy (non-hydrogen) atoms. The van der Waals surface area contributed by atoms with Crippen LogP contribution in [0.3, 0.4) is 0 Å². The van der Waals surface area contributed by atoms with E-state index < -0.39 is 0 Å². The molecule has 2 nitrogen and oxygen atoms in total. The van der Waals surface area contributed by atoms with Gasteiger partial charge in [-0.05, 0) is 12.3 Å². The molecule has 0 bridgehead atoms. The number of halogens is 1. The van der Waals surface area contributed by atoms with Crippen molar-refractivity contribution >= 4 is 21.9 Å². The van der Waals surface area contributed by atoms with Crippen LogP contribution in [0, 0.1) is 5.92 Å². The maximum atomic E-state index is 10.9. The van der Waals surface area contributed by atoms with E-state index in [0.717, 1.165) is 17.7 Å². The lowest BCUT2D eigenvalue weighted by molar-refractivity contribution is -0.143. The van der Waals surface area contributed by atoms with Crippen LogP contribution in [0.4, 0.5) is 0 Å². The van der Waals surface area contributed by atoms with Gasteiger partial charge in [-0.1, -0.05) is 28.8 Å². The van der Waals surface area contributed by atoms with E-state index in [0.29, 0.717) is 13.0 Å². The maximum Gasteiger partial charge on any atom is 0.305 e.